The maximum atomic E-state index is 12.9. The highest BCUT2D eigenvalue weighted by molar-refractivity contribution is 7.89. The van der Waals surface area contributed by atoms with Crippen molar-refractivity contribution in [1.82, 2.24) is 15.2 Å². The molecule has 8 heteroatoms. The molecule has 0 aliphatic carbocycles. The number of aryl methyl sites for hydroxylation is 3. The van der Waals surface area contributed by atoms with E-state index >= 15 is 0 Å². The summed E-state index contributed by atoms with van der Waals surface area (Å²) in [5.74, 6) is -1.04. The summed E-state index contributed by atoms with van der Waals surface area (Å²) < 4.78 is 27.3. The minimum atomic E-state index is -3.59. The molecular formula is C23H29N3O4S. The molecule has 166 valence electrons. The summed E-state index contributed by atoms with van der Waals surface area (Å²) in [6, 6.07) is 12.3. The molecule has 0 saturated carbocycles. The van der Waals surface area contributed by atoms with Crippen LogP contribution >= 0.6 is 0 Å². The zero-order chi connectivity index (χ0) is 22.6. The van der Waals surface area contributed by atoms with Gasteiger partial charge in [0.15, 0.2) is 0 Å². The number of hydrazine groups is 1. The third-order valence-corrected chi connectivity index (χ3v) is 7.76. The Morgan fingerprint density at radius 2 is 1.61 bits per heavy atom. The lowest BCUT2D eigenvalue weighted by atomic mass is 9.98. The number of carbonyl (C=O) groups is 2. The summed E-state index contributed by atoms with van der Waals surface area (Å²) in [7, 11) is -3.59. The van der Waals surface area contributed by atoms with Crippen LogP contribution in [0.4, 0.5) is 0 Å². The van der Waals surface area contributed by atoms with Crippen LogP contribution < -0.4 is 10.9 Å². The number of amides is 2. The summed E-state index contributed by atoms with van der Waals surface area (Å²) in [6.45, 7) is 6.39. The van der Waals surface area contributed by atoms with E-state index in [1.807, 2.05) is 32.9 Å². The highest BCUT2D eigenvalue weighted by atomic mass is 32.2. The van der Waals surface area contributed by atoms with Gasteiger partial charge in [-0.3, -0.25) is 20.4 Å². The molecule has 0 radical (unpaired) electrons. The minimum Gasteiger partial charge on any atom is -0.273 e. The standard InChI is InChI=1S/C23H29N3O4S/c1-4-18-6-8-19(9-7-18)22(27)24-25-23(28)20-11-13-26(14-12-20)31(29,30)21-10-5-16(2)17(3)15-21/h5-10,15,20H,4,11-14H2,1-3H3,(H,24,27)(H,25,28). The van der Waals surface area contributed by atoms with Crippen molar-refractivity contribution in [2.24, 2.45) is 5.92 Å². The average molecular weight is 444 g/mol. The fraction of sp³-hybridized carbons (Fsp3) is 0.391. The van der Waals surface area contributed by atoms with Gasteiger partial charge in [-0.15, -0.1) is 0 Å². The van der Waals surface area contributed by atoms with Gasteiger partial charge in [0.25, 0.3) is 5.91 Å². The fourth-order valence-electron chi connectivity index (χ4n) is 3.57. The van der Waals surface area contributed by atoms with Crippen molar-refractivity contribution in [3.8, 4) is 0 Å². The molecule has 1 aliphatic rings. The van der Waals surface area contributed by atoms with Gasteiger partial charge < -0.3 is 0 Å². The molecule has 2 N–H and O–H groups in total. The Morgan fingerprint density at radius 1 is 0.968 bits per heavy atom. The molecule has 1 fully saturated rings. The molecular weight excluding hydrogens is 414 g/mol. The van der Waals surface area contributed by atoms with Crippen LogP contribution in [-0.2, 0) is 21.2 Å². The maximum Gasteiger partial charge on any atom is 0.269 e. The maximum absolute atomic E-state index is 12.9. The van der Waals surface area contributed by atoms with E-state index in [1.54, 1.807) is 30.3 Å². The van der Waals surface area contributed by atoms with E-state index in [9.17, 15) is 18.0 Å². The number of hydrogen-bond acceptors (Lipinski definition) is 4. The van der Waals surface area contributed by atoms with E-state index in [0.717, 1.165) is 23.1 Å². The first-order valence-electron chi connectivity index (χ1n) is 10.5. The molecule has 7 nitrogen and oxygen atoms in total. The fourth-order valence-corrected chi connectivity index (χ4v) is 5.12. The van der Waals surface area contributed by atoms with Crippen LogP contribution in [0.15, 0.2) is 47.4 Å². The lowest BCUT2D eigenvalue weighted by molar-refractivity contribution is -0.126. The predicted octanol–water partition coefficient (Wildman–Crippen LogP) is 2.73. The molecule has 1 aliphatic heterocycles. The van der Waals surface area contributed by atoms with Crippen LogP contribution in [0.1, 0.15) is 46.8 Å². The van der Waals surface area contributed by atoms with Crippen LogP contribution in [0.2, 0.25) is 0 Å². The van der Waals surface area contributed by atoms with Crippen molar-refractivity contribution >= 4 is 21.8 Å². The van der Waals surface area contributed by atoms with Crippen LogP contribution in [0.3, 0.4) is 0 Å². The topological polar surface area (TPSA) is 95.6 Å². The largest absolute Gasteiger partial charge is 0.273 e. The number of benzene rings is 2. The zero-order valence-corrected chi connectivity index (χ0v) is 19.0. The summed E-state index contributed by atoms with van der Waals surface area (Å²) in [5, 5.41) is 0. The summed E-state index contributed by atoms with van der Waals surface area (Å²) in [4.78, 5) is 24.9. The zero-order valence-electron chi connectivity index (χ0n) is 18.1. The van der Waals surface area contributed by atoms with Crippen molar-refractivity contribution in [1.29, 1.82) is 0 Å². The number of nitrogens with one attached hydrogen (secondary N) is 2. The number of rotatable bonds is 5. The Kier molecular flexibility index (Phi) is 7.12. The third-order valence-electron chi connectivity index (χ3n) is 5.86. The number of sulfonamides is 1. The number of nitrogens with zero attached hydrogens (tertiary/aromatic N) is 1. The second-order valence-electron chi connectivity index (χ2n) is 7.92. The monoisotopic (exact) mass is 443 g/mol. The van der Waals surface area contributed by atoms with Gasteiger partial charge in [-0.05, 0) is 74.1 Å². The van der Waals surface area contributed by atoms with Crippen molar-refractivity contribution in [2.75, 3.05) is 13.1 Å². The van der Waals surface area contributed by atoms with E-state index < -0.39 is 10.0 Å². The molecule has 31 heavy (non-hydrogen) atoms. The molecule has 2 amide bonds. The van der Waals surface area contributed by atoms with Crippen molar-refractivity contribution in [3.05, 3.63) is 64.7 Å². The van der Waals surface area contributed by atoms with E-state index in [0.29, 0.717) is 18.4 Å². The van der Waals surface area contributed by atoms with E-state index in [4.69, 9.17) is 0 Å². The quantitative estimate of drug-likeness (QED) is 0.695. The smallest absolute Gasteiger partial charge is 0.269 e. The van der Waals surface area contributed by atoms with Gasteiger partial charge in [-0.1, -0.05) is 25.1 Å². The first-order chi connectivity index (χ1) is 14.7. The van der Waals surface area contributed by atoms with Crippen LogP contribution in [0, 0.1) is 19.8 Å². The Hall–Kier alpha value is -2.71. The highest BCUT2D eigenvalue weighted by Gasteiger charge is 2.32. The molecule has 0 spiro atoms. The summed E-state index contributed by atoms with van der Waals surface area (Å²) >= 11 is 0. The SMILES string of the molecule is CCc1ccc(C(=O)NNC(=O)C2CCN(S(=O)(=O)c3ccc(C)c(C)c3)CC2)cc1. The molecule has 1 saturated heterocycles. The molecule has 3 rings (SSSR count). The Bertz CT molecular complexity index is 1060. The van der Waals surface area contributed by atoms with Crippen LogP contribution in [0.25, 0.3) is 0 Å². The van der Waals surface area contributed by atoms with Gasteiger partial charge in [0.05, 0.1) is 4.90 Å². The molecule has 0 bridgehead atoms. The van der Waals surface area contributed by atoms with Crippen molar-refractivity contribution in [3.63, 3.8) is 0 Å². The second kappa shape index (κ2) is 9.62. The van der Waals surface area contributed by atoms with Crippen molar-refractivity contribution in [2.45, 2.75) is 44.9 Å². The van der Waals surface area contributed by atoms with Gasteiger partial charge in [-0.2, -0.15) is 4.31 Å². The summed E-state index contributed by atoms with van der Waals surface area (Å²) in [5.41, 5.74) is 8.47. The van der Waals surface area contributed by atoms with Crippen LogP contribution in [0.5, 0.6) is 0 Å². The van der Waals surface area contributed by atoms with E-state index in [1.165, 1.54) is 4.31 Å². The Morgan fingerprint density at radius 3 is 2.19 bits per heavy atom. The predicted molar refractivity (Wildman–Crippen MR) is 119 cm³/mol. The summed E-state index contributed by atoms with van der Waals surface area (Å²) in [6.07, 6.45) is 1.69. The Labute approximate surface area is 183 Å². The van der Waals surface area contributed by atoms with Gasteiger partial charge >= 0.3 is 0 Å². The molecule has 0 aromatic heterocycles. The Balaban J connectivity index is 1.53. The van der Waals surface area contributed by atoms with Gasteiger partial charge in [-0.25, -0.2) is 8.42 Å². The normalized spacial score (nSPS) is 15.5. The second-order valence-corrected chi connectivity index (χ2v) is 9.86. The minimum absolute atomic E-state index is 0.264. The lowest BCUT2D eigenvalue weighted by Gasteiger charge is -2.30. The first-order valence-corrected chi connectivity index (χ1v) is 11.9. The highest BCUT2D eigenvalue weighted by Crippen LogP contribution is 2.25. The molecule has 2 aromatic carbocycles. The lowest BCUT2D eigenvalue weighted by Crippen LogP contribution is -2.48. The van der Waals surface area contributed by atoms with Gasteiger partial charge in [0, 0.05) is 24.6 Å². The third kappa shape index (κ3) is 5.32. The average Bonchev–Trinajstić information content (AvgIpc) is 2.79. The molecule has 0 unspecified atom stereocenters. The molecule has 2 aromatic rings. The van der Waals surface area contributed by atoms with E-state index in [2.05, 4.69) is 10.9 Å². The number of piperidine rings is 1. The van der Waals surface area contributed by atoms with Gasteiger partial charge in [0.1, 0.15) is 0 Å². The number of carbonyl (C=O) groups excluding carboxylic acids is 2. The van der Waals surface area contributed by atoms with Crippen LogP contribution in [-0.4, -0.2) is 37.6 Å². The molecule has 1 heterocycles. The van der Waals surface area contributed by atoms with Gasteiger partial charge in [0.2, 0.25) is 15.9 Å². The first kappa shape index (κ1) is 23.0. The molecule has 0 atom stereocenters. The number of hydrogen-bond donors (Lipinski definition) is 2. The van der Waals surface area contributed by atoms with Crippen molar-refractivity contribution < 1.29 is 18.0 Å². The van der Waals surface area contributed by atoms with E-state index in [-0.39, 0.29) is 35.7 Å².